The maximum Gasteiger partial charge on any atom is 0.416 e. The molecule has 0 aliphatic rings. The molecule has 0 spiro atoms. The Kier molecular flexibility index (Phi) is 9.43. The average Bonchev–Trinajstić information content (AvgIpc) is 3.29. The van der Waals surface area contributed by atoms with Crippen LogP contribution in [0.25, 0.3) is 11.0 Å². The fourth-order valence-corrected chi connectivity index (χ4v) is 4.48. The normalized spacial score (nSPS) is 11.7. The van der Waals surface area contributed by atoms with E-state index >= 15 is 0 Å². The minimum Gasteiger partial charge on any atom is -0.383 e. The van der Waals surface area contributed by atoms with Crippen LogP contribution in [0.4, 0.5) is 18.9 Å². The number of nitrogens with zero attached hydrogens (tertiary/aromatic N) is 4. The Morgan fingerprint density at radius 3 is 2.65 bits per heavy atom. The van der Waals surface area contributed by atoms with Gasteiger partial charge in [0.2, 0.25) is 5.91 Å². The fraction of sp³-hybridized carbons (Fsp3) is 0.258. The Hall–Kier alpha value is -5.20. The van der Waals surface area contributed by atoms with E-state index in [1.165, 1.54) is 25.5 Å². The van der Waals surface area contributed by atoms with Gasteiger partial charge in [-0.2, -0.15) is 18.4 Å². The van der Waals surface area contributed by atoms with Crippen LogP contribution in [0.15, 0.2) is 55.0 Å². The molecule has 0 bridgehead atoms. The Morgan fingerprint density at radius 1 is 1.16 bits per heavy atom. The number of hydrogen-bond donors (Lipinski definition) is 2. The summed E-state index contributed by atoms with van der Waals surface area (Å²) in [7, 11) is 3.02. The van der Waals surface area contributed by atoms with Crippen molar-refractivity contribution in [1.82, 2.24) is 19.9 Å². The second-order valence-corrected chi connectivity index (χ2v) is 9.54. The topological polar surface area (TPSA) is 122 Å². The third kappa shape index (κ3) is 7.00. The second kappa shape index (κ2) is 13.2. The molecular weight excluding hydrogens is 561 g/mol. The number of amides is 2. The Balaban J connectivity index is 1.74. The molecule has 2 amide bonds. The number of rotatable bonds is 8. The van der Waals surface area contributed by atoms with E-state index < -0.39 is 29.5 Å². The molecule has 4 aromatic rings. The molecule has 2 aromatic heterocycles. The molecule has 0 saturated carbocycles. The first kappa shape index (κ1) is 30.8. The van der Waals surface area contributed by atoms with Crippen LogP contribution in [-0.2, 0) is 28.7 Å². The van der Waals surface area contributed by atoms with E-state index in [-0.39, 0.29) is 12.0 Å². The molecule has 0 unspecified atom stereocenters. The number of anilines is 1. The Morgan fingerprint density at radius 2 is 1.95 bits per heavy atom. The van der Waals surface area contributed by atoms with Crippen molar-refractivity contribution in [1.29, 1.82) is 5.26 Å². The number of aryl methyl sites for hydroxylation is 1. The highest BCUT2D eigenvalue weighted by molar-refractivity contribution is 6.04. The molecule has 0 saturated heterocycles. The van der Waals surface area contributed by atoms with Crippen LogP contribution in [0.2, 0.25) is 0 Å². The number of hydrogen-bond acceptors (Lipinski definition) is 6. The lowest BCUT2D eigenvalue weighted by Gasteiger charge is -2.13. The zero-order valence-corrected chi connectivity index (χ0v) is 23.5. The molecule has 4 rings (SSSR count). The van der Waals surface area contributed by atoms with Crippen LogP contribution >= 0.6 is 0 Å². The lowest BCUT2D eigenvalue weighted by atomic mass is 10.00. The average molecular weight is 589 g/mol. The Bertz CT molecular complexity index is 1780. The predicted molar refractivity (Wildman–Crippen MR) is 153 cm³/mol. The van der Waals surface area contributed by atoms with Gasteiger partial charge in [-0.05, 0) is 42.8 Å². The zero-order valence-electron chi connectivity index (χ0n) is 23.5. The molecule has 43 heavy (non-hydrogen) atoms. The molecular formula is C31H27F3N6O3. The number of fused-ring (bicyclic) bond motifs is 1. The summed E-state index contributed by atoms with van der Waals surface area (Å²) >= 11 is 0. The van der Waals surface area contributed by atoms with Crippen LogP contribution < -0.4 is 10.6 Å². The minimum absolute atomic E-state index is 0.0618. The van der Waals surface area contributed by atoms with E-state index in [0.717, 1.165) is 17.7 Å². The van der Waals surface area contributed by atoms with Crippen molar-refractivity contribution in [3.8, 4) is 17.9 Å². The van der Waals surface area contributed by atoms with Gasteiger partial charge in [-0.3, -0.25) is 9.59 Å². The number of carbonyl (C=O) groups is 2. The maximum atomic E-state index is 13.1. The molecule has 12 heteroatoms. The maximum absolute atomic E-state index is 13.1. The van der Waals surface area contributed by atoms with E-state index in [2.05, 4.69) is 32.4 Å². The number of nitrogens with one attached hydrogen (secondary N) is 2. The first-order chi connectivity index (χ1) is 20.6. The molecule has 220 valence electrons. The number of aromatic nitrogens is 3. The van der Waals surface area contributed by atoms with Crippen molar-refractivity contribution in [2.75, 3.05) is 26.1 Å². The molecule has 2 N–H and O–H groups in total. The van der Waals surface area contributed by atoms with E-state index in [0.29, 0.717) is 46.7 Å². The van der Waals surface area contributed by atoms with Gasteiger partial charge in [0.1, 0.15) is 17.9 Å². The lowest BCUT2D eigenvalue weighted by Crippen LogP contribution is -2.28. The number of carbonyl (C=O) groups excluding carboxylic acids is 2. The molecule has 9 nitrogen and oxygen atoms in total. The van der Waals surface area contributed by atoms with Crippen molar-refractivity contribution in [3.05, 3.63) is 88.5 Å². The smallest absolute Gasteiger partial charge is 0.383 e. The van der Waals surface area contributed by atoms with Crippen molar-refractivity contribution in [3.63, 3.8) is 0 Å². The summed E-state index contributed by atoms with van der Waals surface area (Å²) in [6, 6.07) is 11.2. The third-order valence-electron chi connectivity index (χ3n) is 6.74. The Labute approximate surface area is 245 Å². The van der Waals surface area contributed by atoms with Gasteiger partial charge in [0.05, 0.1) is 29.2 Å². The monoisotopic (exact) mass is 588 g/mol. The van der Waals surface area contributed by atoms with Crippen LogP contribution in [0.1, 0.15) is 38.3 Å². The molecule has 0 aliphatic carbocycles. The van der Waals surface area contributed by atoms with Crippen LogP contribution in [0.5, 0.6) is 0 Å². The quantitative estimate of drug-likeness (QED) is 0.293. The van der Waals surface area contributed by atoms with Crippen LogP contribution in [0.3, 0.4) is 0 Å². The minimum atomic E-state index is -4.58. The number of alkyl halides is 3. The molecule has 2 heterocycles. The summed E-state index contributed by atoms with van der Waals surface area (Å²) < 4.78 is 46.5. The summed E-state index contributed by atoms with van der Waals surface area (Å²) in [5, 5.41) is 15.5. The van der Waals surface area contributed by atoms with E-state index in [1.807, 2.05) is 17.6 Å². The lowest BCUT2D eigenvalue weighted by molar-refractivity contribution is -0.137. The van der Waals surface area contributed by atoms with Crippen molar-refractivity contribution < 1.29 is 27.5 Å². The summed E-state index contributed by atoms with van der Waals surface area (Å²) in [5.41, 5.74) is 2.33. The number of nitriles is 1. The van der Waals surface area contributed by atoms with Gasteiger partial charge in [-0.1, -0.05) is 24.0 Å². The largest absolute Gasteiger partial charge is 0.416 e. The van der Waals surface area contributed by atoms with Crippen molar-refractivity contribution in [2.45, 2.75) is 26.1 Å². The summed E-state index contributed by atoms with van der Waals surface area (Å²) in [6.45, 7) is 2.56. The highest BCUT2D eigenvalue weighted by Gasteiger charge is 2.31. The first-order valence-corrected chi connectivity index (χ1v) is 13.1. The van der Waals surface area contributed by atoms with E-state index in [1.54, 1.807) is 31.5 Å². The van der Waals surface area contributed by atoms with Gasteiger partial charge >= 0.3 is 6.18 Å². The SMILES string of the molecule is CNC(=O)[C@H](C#N)Cc1c(C#Cc2cc(NC(=O)c3cccc(C(F)(F)F)c3)ccc2C)c2cncnc2n1CCOC. The van der Waals surface area contributed by atoms with E-state index in [9.17, 15) is 28.0 Å². The van der Waals surface area contributed by atoms with Gasteiger partial charge in [0.25, 0.3) is 5.91 Å². The van der Waals surface area contributed by atoms with Gasteiger partial charge in [-0.25, -0.2) is 9.97 Å². The summed E-state index contributed by atoms with van der Waals surface area (Å²) in [4.78, 5) is 33.7. The molecule has 0 aliphatic heterocycles. The second-order valence-electron chi connectivity index (χ2n) is 9.54. The summed E-state index contributed by atoms with van der Waals surface area (Å²) in [5.74, 6) is 4.15. The van der Waals surface area contributed by atoms with Crippen LogP contribution in [0, 0.1) is 36.0 Å². The van der Waals surface area contributed by atoms with Crippen molar-refractivity contribution in [2.24, 2.45) is 5.92 Å². The molecule has 1 atom stereocenters. The zero-order chi connectivity index (χ0) is 31.1. The number of ether oxygens (including phenoxy) is 1. The highest BCUT2D eigenvalue weighted by atomic mass is 19.4. The standard InChI is InChI=1S/C31H27F3N6O3/c1-19-7-9-24(39-30(42)21-5-4-6-23(13-21)31(32,33)34)14-20(19)8-10-25-26-17-37-18-38-28(26)40(11-12-43-3)27(25)15-22(16-35)29(41)36-2/h4-7,9,13-14,17-18,22H,11-12,15H2,1-3H3,(H,36,41)(H,39,42)/t22-/m0/s1. The molecule has 0 fully saturated rings. The molecule has 2 aromatic carbocycles. The number of methoxy groups -OCH3 is 1. The van der Waals surface area contributed by atoms with Gasteiger partial charge in [0, 0.05) is 55.8 Å². The first-order valence-electron chi connectivity index (χ1n) is 13.1. The predicted octanol–water partition coefficient (Wildman–Crippen LogP) is 4.49. The summed E-state index contributed by atoms with van der Waals surface area (Å²) in [6.07, 6.45) is -1.51. The number of halogens is 3. The highest BCUT2D eigenvalue weighted by Crippen LogP contribution is 2.30. The van der Waals surface area contributed by atoms with Gasteiger partial charge < -0.3 is 19.9 Å². The fourth-order valence-electron chi connectivity index (χ4n) is 4.48. The van der Waals surface area contributed by atoms with Gasteiger partial charge in [-0.15, -0.1) is 0 Å². The van der Waals surface area contributed by atoms with E-state index in [4.69, 9.17) is 4.74 Å². The van der Waals surface area contributed by atoms with Crippen LogP contribution in [-0.4, -0.2) is 47.1 Å². The molecule has 0 radical (unpaired) electrons. The van der Waals surface area contributed by atoms with Gasteiger partial charge in [0.15, 0.2) is 0 Å². The third-order valence-corrected chi connectivity index (χ3v) is 6.74. The number of benzene rings is 2. The van der Waals surface area contributed by atoms with Crippen molar-refractivity contribution >= 4 is 28.5 Å².